The van der Waals surface area contributed by atoms with Crippen LogP contribution >= 0.6 is 0 Å². The van der Waals surface area contributed by atoms with Gasteiger partial charge in [-0.15, -0.1) is 0 Å². The maximum absolute atomic E-state index is 13.1. The fraction of sp³-hybridized carbons (Fsp3) is 1.00. The maximum Gasteiger partial charge on any atom is 0.460 e. The predicted octanol–water partition coefficient (Wildman–Crippen LogP) is 6.29. The summed E-state index contributed by atoms with van der Waals surface area (Å²) < 4.78 is 225. The largest absolute Gasteiger partial charge is 0.460 e. The highest BCUT2D eigenvalue weighted by Gasteiger charge is 2.82. The molecule has 19 heteroatoms. The zero-order valence-corrected chi connectivity index (χ0v) is 14.1. The second kappa shape index (κ2) is 8.24. The predicted molar refractivity (Wildman–Crippen MR) is 63.9 cm³/mol. The van der Waals surface area contributed by atoms with E-state index < -0.39 is 73.8 Å². The summed E-state index contributed by atoms with van der Waals surface area (Å²) in [6.45, 7) is -3.65. The third-order valence-corrected chi connectivity index (χ3v) is 3.65. The molecule has 0 aromatic carbocycles. The molecule has 188 valence electrons. The average Bonchev–Trinajstić information content (AvgIpc) is 2.51. The third kappa shape index (κ3) is 5.20. The van der Waals surface area contributed by atoms with Crippen LogP contribution in [-0.2, 0) is 0 Å². The van der Waals surface area contributed by atoms with E-state index in [0.717, 1.165) is 5.32 Å². The highest BCUT2D eigenvalue weighted by atomic mass is 19.4. The molecule has 0 heterocycles. The van der Waals surface area contributed by atoms with Crippen molar-refractivity contribution in [3.8, 4) is 0 Å². The maximum atomic E-state index is 13.1. The Morgan fingerprint density at radius 1 is 0.355 bits per heavy atom. The molecule has 0 fully saturated rings. The molecule has 0 aliphatic carbocycles. The molecule has 0 amide bonds. The van der Waals surface area contributed by atoms with Crippen molar-refractivity contribution in [2.45, 2.75) is 60.7 Å². The lowest BCUT2D eigenvalue weighted by Crippen LogP contribution is -2.61. The Morgan fingerprint density at radius 2 is 0.581 bits per heavy atom. The van der Waals surface area contributed by atoms with Crippen molar-refractivity contribution in [3.63, 3.8) is 0 Å². The first-order valence-corrected chi connectivity index (χ1v) is 7.32. The van der Waals surface area contributed by atoms with Crippen LogP contribution in [0.2, 0.25) is 0 Å². The number of nitrogens with one attached hydrogen (secondary N) is 1. The van der Waals surface area contributed by atoms with Crippen LogP contribution < -0.4 is 5.32 Å². The van der Waals surface area contributed by atoms with Crippen LogP contribution in [0.15, 0.2) is 0 Å². The molecular weight excluding hydrogens is 500 g/mol. The van der Waals surface area contributed by atoms with Gasteiger partial charge in [-0.1, -0.05) is 0 Å². The molecule has 1 N–H and O–H groups in total. The summed E-state index contributed by atoms with van der Waals surface area (Å²) in [4.78, 5) is 0. The monoisotopic (exact) mass is 509 g/mol. The SMILES string of the molecule is FC(F)(F)C(F)(F)C(F)(F)C(F)(F)CCNCCC(F)(F)C(F)(F)C(F)(F)C(F)(F)F. The minimum absolute atomic E-state index is 1.14. The number of hydrogen-bond acceptors (Lipinski definition) is 1. The molecule has 0 aromatic rings. The quantitative estimate of drug-likeness (QED) is 0.270. The fourth-order valence-corrected chi connectivity index (χ4v) is 1.75. The molecule has 0 bridgehead atoms. The van der Waals surface area contributed by atoms with Gasteiger partial charge in [0.25, 0.3) is 0 Å². The van der Waals surface area contributed by atoms with Crippen molar-refractivity contribution in [2.24, 2.45) is 0 Å². The van der Waals surface area contributed by atoms with Gasteiger partial charge in [0.1, 0.15) is 0 Å². The van der Waals surface area contributed by atoms with Gasteiger partial charge in [-0.05, 0) is 0 Å². The van der Waals surface area contributed by atoms with Crippen LogP contribution in [0.5, 0.6) is 0 Å². The lowest BCUT2D eigenvalue weighted by molar-refractivity contribution is -0.397. The van der Waals surface area contributed by atoms with E-state index in [4.69, 9.17) is 0 Å². The van der Waals surface area contributed by atoms with E-state index >= 15 is 0 Å². The van der Waals surface area contributed by atoms with E-state index in [1.165, 1.54) is 0 Å². The first kappa shape index (κ1) is 29.7. The Kier molecular flexibility index (Phi) is 7.89. The van der Waals surface area contributed by atoms with Gasteiger partial charge in [-0.3, -0.25) is 0 Å². The Hall–Kier alpha value is -1.30. The summed E-state index contributed by atoms with van der Waals surface area (Å²) in [5.41, 5.74) is 0. The summed E-state index contributed by atoms with van der Waals surface area (Å²) in [6.07, 6.45) is -19.5. The topological polar surface area (TPSA) is 12.0 Å². The standard InChI is InChI=1S/C12H9F18N/c13-5(14,7(17,18)9(21,22)11(25,26)27)1-3-31-4-2-6(15,16)8(19,20)10(23,24)12(28,29)30/h31H,1-4H2. The number of hydrogen-bond donors (Lipinski definition) is 1. The van der Waals surface area contributed by atoms with Gasteiger partial charge >= 0.3 is 47.9 Å². The summed E-state index contributed by atoms with van der Waals surface area (Å²) in [5.74, 6) is -40.9. The molecule has 0 aliphatic rings. The molecule has 1 nitrogen and oxygen atoms in total. The Bertz CT molecular complexity index is 548. The molecule has 0 atom stereocenters. The van der Waals surface area contributed by atoms with E-state index in [0.29, 0.717) is 0 Å². The zero-order chi connectivity index (χ0) is 25.5. The third-order valence-electron chi connectivity index (χ3n) is 3.65. The molecule has 0 unspecified atom stereocenters. The first-order chi connectivity index (χ1) is 13.2. The first-order valence-electron chi connectivity index (χ1n) is 7.32. The second-order valence-electron chi connectivity index (χ2n) is 5.95. The summed E-state index contributed by atoms with van der Waals surface area (Å²) in [5, 5.41) is 1.14. The summed E-state index contributed by atoms with van der Waals surface area (Å²) >= 11 is 0. The van der Waals surface area contributed by atoms with Crippen molar-refractivity contribution >= 4 is 0 Å². The van der Waals surface area contributed by atoms with Crippen LogP contribution in [0, 0.1) is 0 Å². The molecule has 31 heavy (non-hydrogen) atoms. The van der Waals surface area contributed by atoms with Gasteiger partial charge in [0.15, 0.2) is 0 Å². The van der Waals surface area contributed by atoms with Crippen LogP contribution in [0.1, 0.15) is 12.8 Å². The van der Waals surface area contributed by atoms with E-state index in [2.05, 4.69) is 0 Å². The van der Waals surface area contributed by atoms with E-state index in [-0.39, 0.29) is 0 Å². The van der Waals surface area contributed by atoms with Crippen LogP contribution in [0.3, 0.4) is 0 Å². The zero-order valence-electron chi connectivity index (χ0n) is 14.1. The molecular formula is C12H9F18N. The highest BCUT2D eigenvalue weighted by Crippen LogP contribution is 2.55. The van der Waals surface area contributed by atoms with Gasteiger partial charge in [-0.25, -0.2) is 0 Å². The van der Waals surface area contributed by atoms with Gasteiger partial charge in [0, 0.05) is 25.9 Å². The Balaban J connectivity index is 5.10. The normalized spacial score (nSPS) is 16.1. The molecule has 0 aliphatic heterocycles. The highest BCUT2D eigenvalue weighted by molar-refractivity contribution is 5.01. The van der Waals surface area contributed by atoms with Crippen molar-refractivity contribution in [3.05, 3.63) is 0 Å². The molecule has 0 saturated carbocycles. The minimum atomic E-state index is -7.25. The Labute approximate surface area is 159 Å². The van der Waals surface area contributed by atoms with Crippen molar-refractivity contribution in [2.75, 3.05) is 13.1 Å². The molecule has 0 aromatic heterocycles. The van der Waals surface area contributed by atoms with Crippen LogP contribution in [0.4, 0.5) is 79.0 Å². The molecule has 0 radical (unpaired) electrons. The second-order valence-corrected chi connectivity index (χ2v) is 5.95. The van der Waals surface area contributed by atoms with Gasteiger partial charge < -0.3 is 5.32 Å². The fourth-order valence-electron chi connectivity index (χ4n) is 1.75. The van der Waals surface area contributed by atoms with Crippen molar-refractivity contribution in [1.29, 1.82) is 0 Å². The van der Waals surface area contributed by atoms with Crippen LogP contribution in [0.25, 0.3) is 0 Å². The lowest BCUT2D eigenvalue weighted by atomic mass is 10.0. The van der Waals surface area contributed by atoms with Gasteiger partial charge in [-0.2, -0.15) is 79.0 Å². The summed E-state index contributed by atoms with van der Waals surface area (Å²) in [6, 6.07) is 0. The average molecular weight is 509 g/mol. The summed E-state index contributed by atoms with van der Waals surface area (Å²) in [7, 11) is 0. The van der Waals surface area contributed by atoms with Crippen LogP contribution in [-0.4, -0.2) is 61.0 Å². The lowest BCUT2D eigenvalue weighted by Gasteiger charge is -2.34. The number of halogens is 18. The number of rotatable bonds is 10. The van der Waals surface area contributed by atoms with Crippen molar-refractivity contribution in [1.82, 2.24) is 5.32 Å². The van der Waals surface area contributed by atoms with Crippen molar-refractivity contribution < 1.29 is 79.0 Å². The van der Waals surface area contributed by atoms with E-state index in [9.17, 15) is 79.0 Å². The van der Waals surface area contributed by atoms with Gasteiger partial charge in [0.2, 0.25) is 0 Å². The van der Waals surface area contributed by atoms with E-state index in [1.54, 1.807) is 0 Å². The molecule has 0 spiro atoms. The Morgan fingerprint density at radius 3 is 0.774 bits per heavy atom. The van der Waals surface area contributed by atoms with E-state index in [1.807, 2.05) is 0 Å². The smallest absolute Gasteiger partial charge is 0.316 e. The minimum Gasteiger partial charge on any atom is -0.316 e. The molecule has 0 saturated heterocycles. The number of alkyl halides is 18. The molecule has 0 rings (SSSR count). The van der Waals surface area contributed by atoms with Gasteiger partial charge in [0.05, 0.1) is 0 Å².